The van der Waals surface area contributed by atoms with Crippen molar-refractivity contribution in [2.24, 2.45) is 0 Å². The van der Waals surface area contributed by atoms with Crippen molar-refractivity contribution in [1.82, 2.24) is 9.55 Å². The van der Waals surface area contributed by atoms with Gasteiger partial charge >= 0.3 is 0 Å². The summed E-state index contributed by atoms with van der Waals surface area (Å²) >= 11 is 7.66. The molecule has 0 spiro atoms. The first-order valence-electron chi connectivity index (χ1n) is 7.65. The smallest absolute Gasteiger partial charge is 0.235 e. The Balaban J connectivity index is 1.88. The van der Waals surface area contributed by atoms with Gasteiger partial charge in [-0.2, -0.15) is 0 Å². The number of aromatic hydroxyl groups is 1. The SMILES string of the molecule is O=C1CSC(c2ccc(O)cc2)c2c(ncn2-c2cccc(Cl)c2)N1. The molecule has 0 saturated carbocycles. The van der Waals surface area contributed by atoms with E-state index in [1.807, 2.05) is 41.0 Å². The molecule has 2 aromatic carbocycles. The standard InChI is InChI=1S/C18H14ClN3O2S/c19-12-2-1-3-13(8-12)22-10-20-18-16(22)17(25-9-15(24)21-18)11-4-6-14(23)7-5-11/h1-8,10,17,23H,9H2,(H,21,24). The Morgan fingerprint density at radius 2 is 2.04 bits per heavy atom. The minimum Gasteiger partial charge on any atom is -0.508 e. The van der Waals surface area contributed by atoms with Crippen molar-refractivity contribution in [3.8, 4) is 11.4 Å². The second-order valence-corrected chi connectivity index (χ2v) is 7.19. The van der Waals surface area contributed by atoms with Gasteiger partial charge in [0.05, 0.1) is 16.7 Å². The number of carbonyl (C=O) groups excluding carboxylic acids is 1. The Bertz CT molecular complexity index is 940. The van der Waals surface area contributed by atoms with E-state index < -0.39 is 0 Å². The zero-order valence-electron chi connectivity index (χ0n) is 13.0. The maximum absolute atomic E-state index is 12.0. The van der Waals surface area contributed by atoms with Crippen molar-refractivity contribution in [3.05, 3.63) is 71.1 Å². The van der Waals surface area contributed by atoms with Crippen LogP contribution in [0.15, 0.2) is 54.9 Å². The van der Waals surface area contributed by atoms with Crippen LogP contribution in [0.2, 0.25) is 5.02 Å². The van der Waals surface area contributed by atoms with Gasteiger partial charge in [-0.15, -0.1) is 11.8 Å². The molecule has 1 amide bonds. The van der Waals surface area contributed by atoms with Gasteiger partial charge < -0.3 is 10.4 Å². The summed E-state index contributed by atoms with van der Waals surface area (Å²) in [6.45, 7) is 0. The molecule has 4 rings (SSSR count). The van der Waals surface area contributed by atoms with Crippen LogP contribution < -0.4 is 5.32 Å². The highest BCUT2D eigenvalue weighted by Gasteiger charge is 2.29. The van der Waals surface area contributed by atoms with Gasteiger partial charge in [-0.05, 0) is 35.9 Å². The average Bonchev–Trinajstić information content (AvgIpc) is 2.92. The molecular formula is C18H14ClN3O2S. The molecule has 0 bridgehead atoms. The fourth-order valence-electron chi connectivity index (χ4n) is 2.85. The quantitative estimate of drug-likeness (QED) is 0.714. The van der Waals surface area contributed by atoms with E-state index in [4.69, 9.17) is 11.6 Å². The first-order chi connectivity index (χ1) is 12.1. The Morgan fingerprint density at radius 1 is 1.24 bits per heavy atom. The summed E-state index contributed by atoms with van der Waals surface area (Å²) in [7, 11) is 0. The maximum Gasteiger partial charge on any atom is 0.235 e. The average molecular weight is 372 g/mol. The second kappa shape index (κ2) is 6.46. The molecule has 0 saturated heterocycles. The number of hydrogen-bond donors (Lipinski definition) is 2. The number of nitrogens with one attached hydrogen (secondary N) is 1. The van der Waals surface area contributed by atoms with Crippen molar-refractivity contribution in [3.63, 3.8) is 0 Å². The highest BCUT2D eigenvalue weighted by atomic mass is 35.5. The number of aromatic nitrogens is 2. The van der Waals surface area contributed by atoms with Gasteiger partial charge in [-0.25, -0.2) is 4.98 Å². The first kappa shape index (κ1) is 16.1. The molecule has 3 aromatic rings. The van der Waals surface area contributed by atoms with Crippen molar-refractivity contribution in [2.75, 3.05) is 11.1 Å². The topological polar surface area (TPSA) is 67.1 Å². The lowest BCUT2D eigenvalue weighted by molar-refractivity contribution is -0.113. The van der Waals surface area contributed by atoms with E-state index in [0.717, 1.165) is 16.9 Å². The molecule has 0 aliphatic carbocycles. The molecule has 0 fully saturated rings. The summed E-state index contributed by atoms with van der Waals surface area (Å²) in [6, 6.07) is 14.5. The highest BCUT2D eigenvalue weighted by molar-refractivity contribution is 8.00. The van der Waals surface area contributed by atoms with E-state index in [0.29, 0.717) is 16.6 Å². The third kappa shape index (κ3) is 3.10. The van der Waals surface area contributed by atoms with Gasteiger partial charge in [0, 0.05) is 10.7 Å². The molecule has 2 heterocycles. The Labute approximate surface area is 153 Å². The Morgan fingerprint density at radius 3 is 2.80 bits per heavy atom. The number of imidazole rings is 1. The molecular weight excluding hydrogens is 358 g/mol. The number of phenolic OH excluding ortho intramolecular Hbond substituents is 1. The third-order valence-electron chi connectivity index (χ3n) is 3.97. The molecule has 1 aliphatic rings. The fraction of sp³-hybridized carbons (Fsp3) is 0.111. The van der Waals surface area contributed by atoms with E-state index >= 15 is 0 Å². The van der Waals surface area contributed by atoms with Gasteiger partial charge in [0.2, 0.25) is 5.91 Å². The van der Waals surface area contributed by atoms with Gasteiger partial charge in [-0.1, -0.05) is 29.8 Å². The number of amides is 1. The number of halogens is 1. The summed E-state index contributed by atoms with van der Waals surface area (Å²) in [6.07, 6.45) is 1.69. The summed E-state index contributed by atoms with van der Waals surface area (Å²) in [5, 5.41) is 13.0. The number of thioether (sulfide) groups is 1. The minimum atomic E-state index is -0.101. The lowest BCUT2D eigenvalue weighted by Gasteiger charge is -2.18. The molecule has 0 radical (unpaired) electrons. The summed E-state index contributed by atoms with van der Waals surface area (Å²) in [5.74, 6) is 1.01. The normalized spacial score (nSPS) is 16.8. The van der Waals surface area contributed by atoms with Gasteiger partial charge in [0.25, 0.3) is 0 Å². The van der Waals surface area contributed by atoms with Crippen LogP contribution in [0.1, 0.15) is 16.5 Å². The third-order valence-corrected chi connectivity index (χ3v) is 5.47. The van der Waals surface area contributed by atoms with E-state index in [-0.39, 0.29) is 16.9 Å². The monoisotopic (exact) mass is 371 g/mol. The lowest BCUT2D eigenvalue weighted by atomic mass is 10.1. The predicted molar refractivity (Wildman–Crippen MR) is 99.6 cm³/mol. The zero-order chi connectivity index (χ0) is 17.4. The van der Waals surface area contributed by atoms with Crippen LogP contribution in [0, 0.1) is 0 Å². The number of hydrogen-bond acceptors (Lipinski definition) is 4. The van der Waals surface area contributed by atoms with Crippen LogP contribution in [0.3, 0.4) is 0 Å². The number of fused-ring (bicyclic) bond motifs is 1. The number of rotatable bonds is 2. The van der Waals surface area contributed by atoms with Gasteiger partial charge in [0.15, 0.2) is 5.82 Å². The number of nitrogens with zero attached hydrogens (tertiary/aromatic N) is 2. The Hall–Kier alpha value is -2.44. The molecule has 25 heavy (non-hydrogen) atoms. The predicted octanol–water partition coefficient (Wildman–Crippen LogP) is 4.01. The summed E-state index contributed by atoms with van der Waals surface area (Å²) in [4.78, 5) is 16.4. The number of phenols is 1. The molecule has 2 N–H and O–H groups in total. The number of carbonyl (C=O) groups is 1. The van der Waals surface area contributed by atoms with E-state index in [1.54, 1.807) is 18.5 Å². The molecule has 7 heteroatoms. The fourth-order valence-corrected chi connectivity index (χ4v) is 4.15. The second-order valence-electron chi connectivity index (χ2n) is 5.66. The van der Waals surface area contributed by atoms with Crippen LogP contribution in [0.5, 0.6) is 5.75 Å². The summed E-state index contributed by atoms with van der Waals surface area (Å²) < 4.78 is 1.94. The van der Waals surface area contributed by atoms with Crippen LogP contribution in [-0.4, -0.2) is 26.3 Å². The first-order valence-corrected chi connectivity index (χ1v) is 9.08. The summed E-state index contributed by atoms with van der Waals surface area (Å²) in [5.41, 5.74) is 2.75. The number of benzene rings is 2. The van der Waals surface area contributed by atoms with Crippen LogP contribution in [0.25, 0.3) is 5.69 Å². The Kier molecular flexibility index (Phi) is 4.15. The molecule has 1 atom stereocenters. The van der Waals surface area contributed by atoms with Gasteiger partial charge in [-0.3, -0.25) is 9.36 Å². The zero-order valence-corrected chi connectivity index (χ0v) is 14.6. The van der Waals surface area contributed by atoms with Gasteiger partial charge in [0.1, 0.15) is 12.1 Å². The molecule has 1 aromatic heterocycles. The van der Waals surface area contributed by atoms with Crippen molar-refractivity contribution in [2.45, 2.75) is 5.25 Å². The molecule has 126 valence electrons. The van der Waals surface area contributed by atoms with E-state index in [9.17, 15) is 9.90 Å². The molecule has 1 unspecified atom stereocenters. The van der Waals surface area contributed by atoms with Crippen LogP contribution in [0.4, 0.5) is 5.82 Å². The van der Waals surface area contributed by atoms with Crippen molar-refractivity contribution >= 4 is 35.1 Å². The van der Waals surface area contributed by atoms with Crippen LogP contribution >= 0.6 is 23.4 Å². The lowest BCUT2D eigenvalue weighted by Crippen LogP contribution is -2.12. The maximum atomic E-state index is 12.0. The number of anilines is 1. The largest absolute Gasteiger partial charge is 0.508 e. The van der Waals surface area contributed by atoms with Crippen molar-refractivity contribution < 1.29 is 9.90 Å². The van der Waals surface area contributed by atoms with E-state index in [2.05, 4.69) is 10.3 Å². The van der Waals surface area contributed by atoms with Crippen LogP contribution in [-0.2, 0) is 4.79 Å². The van der Waals surface area contributed by atoms with E-state index in [1.165, 1.54) is 11.8 Å². The van der Waals surface area contributed by atoms with Crippen molar-refractivity contribution in [1.29, 1.82) is 0 Å². The molecule has 1 aliphatic heterocycles. The molecule has 5 nitrogen and oxygen atoms in total. The minimum absolute atomic E-state index is 0.0797. The highest BCUT2D eigenvalue weighted by Crippen LogP contribution is 2.42.